The molecule has 0 unspecified atom stereocenters. The average Bonchev–Trinajstić information content (AvgIpc) is 2.93. The normalized spacial score (nSPS) is 16.7. The Bertz CT molecular complexity index is 573. The highest BCUT2D eigenvalue weighted by Crippen LogP contribution is 2.21. The van der Waals surface area contributed by atoms with E-state index >= 15 is 0 Å². The lowest BCUT2D eigenvalue weighted by molar-refractivity contribution is 0.0616. The van der Waals surface area contributed by atoms with Crippen molar-refractivity contribution in [1.82, 2.24) is 20.2 Å². The van der Waals surface area contributed by atoms with E-state index in [-0.39, 0.29) is 0 Å². The van der Waals surface area contributed by atoms with E-state index in [1.807, 2.05) is 6.07 Å². The number of rotatable bonds is 2. The van der Waals surface area contributed by atoms with E-state index in [0.29, 0.717) is 11.9 Å². The molecule has 5 nitrogen and oxygen atoms in total. The van der Waals surface area contributed by atoms with Gasteiger partial charge < -0.3 is 4.74 Å². The first-order valence-corrected chi connectivity index (χ1v) is 6.69. The number of tetrazole rings is 1. The molecule has 3 rings (SSSR count). The SMILES string of the molecule is Cc1ccc(-c2nnn(C3CCOCC3)n2)cc1C. The fourth-order valence-corrected chi connectivity index (χ4v) is 2.29. The first-order valence-electron chi connectivity index (χ1n) is 6.69. The lowest BCUT2D eigenvalue weighted by atomic mass is 10.1. The third kappa shape index (κ3) is 2.51. The van der Waals surface area contributed by atoms with Crippen molar-refractivity contribution < 1.29 is 4.74 Å². The van der Waals surface area contributed by atoms with Gasteiger partial charge in [-0.2, -0.15) is 4.80 Å². The summed E-state index contributed by atoms with van der Waals surface area (Å²) in [4.78, 5) is 1.74. The standard InChI is InChI=1S/C14H18N4O/c1-10-3-4-12(9-11(10)2)14-15-17-18(16-14)13-5-7-19-8-6-13/h3-4,9,13H,5-8H2,1-2H3. The molecule has 0 bridgehead atoms. The second kappa shape index (κ2) is 5.09. The van der Waals surface area contributed by atoms with Gasteiger partial charge in [0.2, 0.25) is 5.82 Å². The highest BCUT2D eigenvalue weighted by molar-refractivity contribution is 5.56. The van der Waals surface area contributed by atoms with E-state index in [0.717, 1.165) is 31.6 Å². The second-order valence-corrected chi connectivity index (χ2v) is 5.08. The molecule has 0 N–H and O–H groups in total. The largest absolute Gasteiger partial charge is 0.381 e. The zero-order valence-electron chi connectivity index (χ0n) is 11.3. The minimum absolute atomic E-state index is 0.321. The molecule has 100 valence electrons. The Kier molecular flexibility index (Phi) is 3.29. The summed E-state index contributed by atoms with van der Waals surface area (Å²) in [5, 5.41) is 12.9. The molecule has 0 spiro atoms. The molecular weight excluding hydrogens is 240 g/mol. The Morgan fingerprint density at radius 3 is 2.68 bits per heavy atom. The molecule has 0 aliphatic carbocycles. The maximum Gasteiger partial charge on any atom is 0.204 e. The fraction of sp³-hybridized carbons (Fsp3) is 0.500. The second-order valence-electron chi connectivity index (χ2n) is 5.08. The molecule has 0 saturated carbocycles. The summed E-state index contributed by atoms with van der Waals surface area (Å²) < 4.78 is 5.35. The number of nitrogens with zero attached hydrogens (tertiary/aromatic N) is 4. The van der Waals surface area contributed by atoms with Crippen molar-refractivity contribution in [3.05, 3.63) is 29.3 Å². The van der Waals surface area contributed by atoms with Gasteiger partial charge in [-0.3, -0.25) is 0 Å². The van der Waals surface area contributed by atoms with Crippen LogP contribution in [0.15, 0.2) is 18.2 Å². The molecule has 19 heavy (non-hydrogen) atoms. The molecule has 1 saturated heterocycles. The van der Waals surface area contributed by atoms with Gasteiger partial charge >= 0.3 is 0 Å². The smallest absolute Gasteiger partial charge is 0.204 e. The summed E-state index contributed by atoms with van der Waals surface area (Å²) in [7, 11) is 0. The van der Waals surface area contributed by atoms with Crippen molar-refractivity contribution in [2.75, 3.05) is 13.2 Å². The monoisotopic (exact) mass is 258 g/mol. The van der Waals surface area contributed by atoms with Crippen molar-refractivity contribution in [2.24, 2.45) is 0 Å². The summed E-state index contributed by atoms with van der Waals surface area (Å²) in [6.45, 7) is 5.77. The predicted octanol–water partition coefficient (Wildman–Crippen LogP) is 2.31. The number of aryl methyl sites for hydroxylation is 2. The quantitative estimate of drug-likeness (QED) is 0.829. The maximum absolute atomic E-state index is 5.35. The van der Waals surface area contributed by atoms with Gasteiger partial charge in [0.25, 0.3) is 0 Å². The van der Waals surface area contributed by atoms with Crippen molar-refractivity contribution in [3.8, 4) is 11.4 Å². The van der Waals surface area contributed by atoms with Crippen LogP contribution in [-0.2, 0) is 4.74 Å². The van der Waals surface area contributed by atoms with Crippen LogP contribution in [0, 0.1) is 13.8 Å². The van der Waals surface area contributed by atoms with Crippen molar-refractivity contribution in [3.63, 3.8) is 0 Å². The Hall–Kier alpha value is -1.75. The van der Waals surface area contributed by atoms with Crippen LogP contribution in [0.3, 0.4) is 0 Å². The first-order chi connectivity index (χ1) is 9.24. The van der Waals surface area contributed by atoms with Gasteiger partial charge in [-0.15, -0.1) is 10.2 Å². The minimum Gasteiger partial charge on any atom is -0.381 e. The maximum atomic E-state index is 5.35. The Morgan fingerprint density at radius 2 is 1.95 bits per heavy atom. The Labute approximate surface area is 112 Å². The topological polar surface area (TPSA) is 52.8 Å². The Balaban J connectivity index is 1.85. The zero-order valence-corrected chi connectivity index (χ0v) is 11.3. The molecule has 0 radical (unpaired) electrons. The third-order valence-electron chi connectivity index (χ3n) is 3.71. The number of hydrogen-bond donors (Lipinski definition) is 0. The number of ether oxygens (including phenoxy) is 1. The molecule has 1 aliphatic rings. The van der Waals surface area contributed by atoms with E-state index in [1.54, 1.807) is 4.80 Å². The van der Waals surface area contributed by atoms with Gasteiger partial charge in [-0.05, 0) is 49.1 Å². The molecule has 1 aromatic heterocycles. The van der Waals surface area contributed by atoms with Crippen LogP contribution in [0.2, 0.25) is 0 Å². The number of hydrogen-bond acceptors (Lipinski definition) is 4. The van der Waals surface area contributed by atoms with Crippen LogP contribution in [0.25, 0.3) is 11.4 Å². The van der Waals surface area contributed by atoms with E-state index in [4.69, 9.17) is 4.74 Å². The summed E-state index contributed by atoms with van der Waals surface area (Å²) >= 11 is 0. The molecule has 1 fully saturated rings. The zero-order chi connectivity index (χ0) is 13.2. The summed E-state index contributed by atoms with van der Waals surface area (Å²) in [5.41, 5.74) is 3.56. The van der Waals surface area contributed by atoms with Crippen molar-refractivity contribution >= 4 is 0 Å². The van der Waals surface area contributed by atoms with Gasteiger partial charge in [0.1, 0.15) is 0 Å². The number of benzene rings is 1. The van der Waals surface area contributed by atoms with Crippen LogP contribution in [0.4, 0.5) is 0 Å². The molecule has 1 aliphatic heterocycles. The third-order valence-corrected chi connectivity index (χ3v) is 3.71. The molecule has 2 aromatic rings. The van der Waals surface area contributed by atoms with Gasteiger partial charge in [-0.1, -0.05) is 12.1 Å². The van der Waals surface area contributed by atoms with Crippen LogP contribution in [-0.4, -0.2) is 33.4 Å². The van der Waals surface area contributed by atoms with E-state index in [1.165, 1.54) is 11.1 Å². The van der Waals surface area contributed by atoms with Gasteiger partial charge in [0.05, 0.1) is 6.04 Å². The number of aromatic nitrogens is 4. The van der Waals surface area contributed by atoms with Gasteiger partial charge in [-0.25, -0.2) is 0 Å². The predicted molar refractivity (Wildman–Crippen MR) is 71.8 cm³/mol. The lowest BCUT2D eigenvalue weighted by Gasteiger charge is -2.20. The highest BCUT2D eigenvalue weighted by atomic mass is 16.5. The molecule has 0 amide bonds. The van der Waals surface area contributed by atoms with Crippen molar-refractivity contribution in [1.29, 1.82) is 0 Å². The summed E-state index contributed by atoms with van der Waals surface area (Å²) in [5.74, 6) is 0.703. The van der Waals surface area contributed by atoms with E-state index in [2.05, 4.69) is 41.4 Å². The highest BCUT2D eigenvalue weighted by Gasteiger charge is 2.18. The van der Waals surface area contributed by atoms with Crippen LogP contribution in [0.5, 0.6) is 0 Å². The fourth-order valence-electron chi connectivity index (χ4n) is 2.29. The first kappa shape index (κ1) is 12.3. The summed E-state index contributed by atoms with van der Waals surface area (Å²) in [6.07, 6.45) is 1.92. The van der Waals surface area contributed by atoms with Crippen LogP contribution >= 0.6 is 0 Å². The average molecular weight is 258 g/mol. The van der Waals surface area contributed by atoms with Crippen LogP contribution in [0.1, 0.15) is 30.0 Å². The molecule has 2 heterocycles. The van der Waals surface area contributed by atoms with Gasteiger partial charge in [0, 0.05) is 18.8 Å². The van der Waals surface area contributed by atoms with E-state index in [9.17, 15) is 0 Å². The molecule has 0 atom stereocenters. The van der Waals surface area contributed by atoms with Gasteiger partial charge in [0.15, 0.2) is 0 Å². The van der Waals surface area contributed by atoms with Crippen LogP contribution < -0.4 is 0 Å². The van der Waals surface area contributed by atoms with E-state index < -0.39 is 0 Å². The molecule has 1 aromatic carbocycles. The van der Waals surface area contributed by atoms with Crippen molar-refractivity contribution in [2.45, 2.75) is 32.7 Å². The lowest BCUT2D eigenvalue weighted by Crippen LogP contribution is -2.21. The molecular formula is C14H18N4O. The molecule has 5 heteroatoms. The summed E-state index contributed by atoms with van der Waals surface area (Å²) in [6, 6.07) is 6.58. The Morgan fingerprint density at radius 1 is 1.16 bits per heavy atom. The minimum atomic E-state index is 0.321.